The Morgan fingerprint density at radius 2 is 1.75 bits per heavy atom. The van der Waals surface area contributed by atoms with Gasteiger partial charge in [-0.05, 0) is 30.6 Å². The molecule has 1 nitrogen and oxygen atoms in total. The zero-order valence-electron chi connectivity index (χ0n) is 8.21. The van der Waals surface area contributed by atoms with Crippen LogP contribution in [0.4, 0.5) is 0 Å². The van der Waals surface area contributed by atoms with E-state index in [1.165, 1.54) is 12.8 Å². The summed E-state index contributed by atoms with van der Waals surface area (Å²) >= 11 is 0. The molecule has 0 radical (unpaired) electrons. The van der Waals surface area contributed by atoms with Gasteiger partial charge in [0.2, 0.25) is 0 Å². The highest BCUT2D eigenvalue weighted by atomic mass is 16.1. The average molecular weight is 166 g/mol. The third-order valence-corrected chi connectivity index (χ3v) is 4.41. The molecule has 0 N–H and O–H groups in total. The van der Waals surface area contributed by atoms with Gasteiger partial charge < -0.3 is 0 Å². The van der Waals surface area contributed by atoms with Crippen LogP contribution in [0, 0.1) is 29.6 Å². The summed E-state index contributed by atoms with van der Waals surface area (Å²) in [5.41, 5.74) is 0. The number of fused-ring (bicyclic) bond motifs is 3. The number of carbonyl (C=O) groups excluding carboxylic acids is 1. The van der Waals surface area contributed by atoms with Gasteiger partial charge in [-0.1, -0.05) is 20.8 Å². The number of hydrogen-bond acceptors (Lipinski definition) is 1. The van der Waals surface area contributed by atoms with E-state index in [4.69, 9.17) is 0 Å². The van der Waals surface area contributed by atoms with Crippen molar-refractivity contribution < 1.29 is 4.79 Å². The minimum absolute atomic E-state index is 0.356. The largest absolute Gasteiger partial charge is 0.299 e. The second-order valence-corrected chi connectivity index (χ2v) is 4.76. The first kappa shape index (κ1) is 8.28. The van der Waals surface area contributed by atoms with E-state index >= 15 is 0 Å². The summed E-state index contributed by atoms with van der Waals surface area (Å²) in [5.74, 6) is 3.42. The van der Waals surface area contributed by atoms with Crippen LogP contribution >= 0.6 is 0 Å². The van der Waals surface area contributed by atoms with Crippen molar-refractivity contribution in [3.63, 3.8) is 0 Å². The van der Waals surface area contributed by atoms with Crippen LogP contribution < -0.4 is 0 Å². The SMILES string of the molecule is C[C@@H]1[C@H](C)[C@H]2CC[C@@H]1[C@H](C)C2=O. The summed E-state index contributed by atoms with van der Waals surface area (Å²) < 4.78 is 0. The lowest BCUT2D eigenvalue weighted by Crippen LogP contribution is -2.48. The number of ketones is 1. The molecular formula is C11H18O. The second kappa shape index (κ2) is 2.58. The summed E-state index contributed by atoms with van der Waals surface area (Å²) in [6.07, 6.45) is 2.46. The number of Topliss-reactive ketones (excluding diaryl/α,β-unsaturated/α-hetero) is 1. The van der Waals surface area contributed by atoms with E-state index < -0.39 is 0 Å². The predicted molar refractivity (Wildman–Crippen MR) is 48.7 cm³/mol. The molecule has 0 aromatic carbocycles. The van der Waals surface area contributed by atoms with E-state index in [0.717, 1.165) is 5.92 Å². The average Bonchev–Trinajstić information content (AvgIpc) is 2.05. The van der Waals surface area contributed by atoms with Crippen LogP contribution in [0.5, 0.6) is 0 Å². The fourth-order valence-corrected chi connectivity index (χ4v) is 3.31. The fraction of sp³-hybridized carbons (Fsp3) is 0.909. The Kier molecular flexibility index (Phi) is 1.78. The molecule has 3 rings (SSSR count). The van der Waals surface area contributed by atoms with E-state index in [1.54, 1.807) is 0 Å². The van der Waals surface area contributed by atoms with Crippen LogP contribution in [0.25, 0.3) is 0 Å². The highest BCUT2D eigenvalue weighted by Crippen LogP contribution is 2.49. The zero-order valence-corrected chi connectivity index (χ0v) is 8.21. The lowest BCUT2D eigenvalue weighted by atomic mass is 9.55. The minimum atomic E-state index is 0.356. The number of hydrogen-bond donors (Lipinski definition) is 0. The highest BCUT2D eigenvalue weighted by molar-refractivity contribution is 5.85. The van der Waals surface area contributed by atoms with Crippen molar-refractivity contribution in [3.05, 3.63) is 0 Å². The van der Waals surface area contributed by atoms with Gasteiger partial charge >= 0.3 is 0 Å². The van der Waals surface area contributed by atoms with Crippen LogP contribution in [0.2, 0.25) is 0 Å². The van der Waals surface area contributed by atoms with Crippen LogP contribution in [0.1, 0.15) is 33.6 Å². The predicted octanol–water partition coefficient (Wildman–Crippen LogP) is 2.50. The first-order valence-electron chi connectivity index (χ1n) is 5.16. The van der Waals surface area contributed by atoms with Gasteiger partial charge in [-0.25, -0.2) is 0 Å². The molecular weight excluding hydrogens is 148 g/mol. The van der Waals surface area contributed by atoms with Crippen LogP contribution in [-0.2, 0) is 4.79 Å². The van der Waals surface area contributed by atoms with Crippen molar-refractivity contribution in [2.75, 3.05) is 0 Å². The Labute approximate surface area is 74.5 Å². The zero-order chi connectivity index (χ0) is 8.88. The first-order chi connectivity index (χ1) is 5.63. The monoisotopic (exact) mass is 166 g/mol. The molecule has 0 unspecified atom stereocenters. The third kappa shape index (κ3) is 0.884. The van der Waals surface area contributed by atoms with E-state index in [2.05, 4.69) is 20.8 Å². The van der Waals surface area contributed by atoms with Gasteiger partial charge in [0, 0.05) is 11.8 Å². The molecule has 0 amide bonds. The maximum atomic E-state index is 11.7. The Balaban J connectivity index is 2.28. The van der Waals surface area contributed by atoms with E-state index in [-0.39, 0.29) is 0 Å². The number of carbonyl (C=O) groups is 1. The highest BCUT2D eigenvalue weighted by Gasteiger charge is 2.47. The number of rotatable bonds is 0. The molecule has 0 saturated heterocycles. The molecule has 0 heterocycles. The Hall–Kier alpha value is -0.330. The van der Waals surface area contributed by atoms with Gasteiger partial charge in [-0.2, -0.15) is 0 Å². The quantitative estimate of drug-likeness (QED) is 0.540. The van der Waals surface area contributed by atoms with Crippen molar-refractivity contribution in [2.45, 2.75) is 33.6 Å². The van der Waals surface area contributed by atoms with Crippen LogP contribution in [0.3, 0.4) is 0 Å². The van der Waals surface area contributed by atoms with Crippen LogP contribution in [0.15, 0.2) is 0 Å². The molecule has 2 bridgehead atoms. The topological polar surface area (TPSA) is 17.1 Å². The summed E-state index contributed by atoms with van der Waals surface area (Å²) in [5, 5.41) is 0. The van der Waals surface area contributed by atoms with Crippen molar-refractivity contribution >= 4 is 5.78 Å². The van der Waals surface area contributed by atoms with E-state index in [1.807, 2.05) is 0 Å². The molecule has 0 spiro atoms. The minimum Gasteiger partial charge on any atom is -0.299 e. The Morgan fingerprint density at radius 1 is 1.08 bits per heavy atom. The second-order valence-electron chi connectivity index (χ2n) is 4.76. The molecule has 1 heteroatoms. The fourth-order valence-electron chi connectivity index (χ4n) is 3.31. The molecule has 3 fully saturated rings. The lowest BCUT2D eigenvalue weighted by molar-refractivity contribution is -0.142. The summed E-state index contributed by atoms with van der Waals surface area (Å²) in [6, 6.07) is 0. The van der Waals surface area contributed by atoms with Crippen molar-refractivity contribution in [2.24, 2.45) is 29.6 Å². The first-order valence-corrected chi connectivity index (χ1v) is 5.16. The molecule has 3 aliphatic rings. The van der Waals surface area contributed by atoms with Crippen molar-refractivity contribution in [3.8, 4) is 0 Å². The van der Waals surface area contributed by atoms with Gasteiger partial charge in [0.05, 0.1) is 0 Å². The molecule has 3 aliphatic carbocycles. The van der Waals surface area contributed by atoms with Gasteiger partial charge in [-0.15, -0.1) is 0 Å². The third-order valence-electron chi connectivity index (χ3n) is 4.41. The summed E-state index contributed by atoms with van der Waals surface area (Å²) in [7, 11) is 0. The van der Waals surface area contributed by atoms with E-state index in [0.29, 0.717) is 29.5 Å². The molecule has 0 aliphatic heterocycles. The van der Waals surface area contributed by atoms with Gasteiger partial charge in [0.15, 0.2) is 0 Å². The molecule has 68 valence electrons. The van der Waals surface area contributed by atoms with E-state index in [9.17, 15) is 4.79 Å². The Morgan fingerprint density at radius 3 is 2.33 bits per heavy atom. The van der Waals surface area contributed by atoms with Crippen molar-refractivity contribution in [1.82, 2.24) is 0 Å². The molecule has 3 saturated carbocycles. The summed E-state index contributed by atoms with van der Waals surface area (Å²) in [4.78, 5) is 11.7. The molecule has 5 atom stereocenters. The van der Waals surface area contributed by atoms with Gasteiger partial charge in [-0.3, -0.25) is 4.79 Å². The maximum Gasteiger partial charge on any atom is 0.139 e. The standard InChI is InChI=1S/C11H18O/c1-6-7(2)10-5-4-9(6)8(3)11(10)12/h6-10H,4-5H2,1-3H3/t6-,7+,8+,9+,10-/m1/s1. The van der Waals surface area contributed by atoms with Gasteiger partial charge in [0.1, 0.15) is 5.78 Å². The van der Waals surface area contributed by atoms with Crippen LogP contribution in [-0.4, -0.2) is 5.78 Å². The van der Waals surface area contributed by atoms with Gasteiger partial charge in [0.25, 0.3) is 0 Å². The smallest absolute Gasteiger partial charge is 0.139 e. The Bertz CT molecular complexity index is 209. The molecule has 12 heavy (non-hydrogen) atoms. The summed E-state index contributed by atoms with van der Waals surface area (Å²) in [6.45, 7) is 6.71. The normalized spacial score (nSPS) is 52.9. The molecule has 0 aromatic heterocycles. The molecule has 0 aromatic rings. The lowest BCUT2D eigenvalue weighted by Gasteiger charge is -2.48. The maximum absolute atomic E-state index is 11.7. The van der Waals surface area contributed by atoms with Crippen molar-refractivity contribution in [1.29, 1.82) is 0 Å².